The number of carboxylic acids is 1. The van der Waals surface area contributed by atoms with Crippen LogP contribution in [0.1, 0.15) is 19.4 Å². The van der Waals surface area contributed by atoms with Gasteiger partial charge in [-0.05, 0) is 17.9 Å². The third-order valence-corrected chi connectivity index (χ3v) is 3.13. The van der Waals surface area contributed by atoms with Crippen molar-refractivity contribution in [2.45, 2.75) is 19.4 Å². The van der Waals surface area contributed by atoms with Gasteiger partial charge in [0.05, 0.1) is 4.88 Å². The van der Waals surface area contributed by atoms with Crippen LogP contribution < -0.4 is 5.76 Å². The first-order valence-electron chi connectivity index (χ1n) is 4.99. The summed E-state index contributed by atoms with van der Waals surface area (Å²) in [5.74, 6) is -1.69. The molecule has 0 fully saturated rings. The summed E-state index contributed by atoms with van der Waals surface area (Å²) in [6.45, 7) is 1.67. The average Bonchev–Trinajstić information content (AvgIpc) is 2.89. The molecular weight excluding hydrogens is 244 g/mol. The lowest BCUT2D eigenvalue weighted by Gasteiger charge is -2.06. The summed E-state index contributed by atoms with van der Waals surface area (Å²) >= 11 is 1.37. The van der Waals surface area contributed by atoms with Gasteiger partial charge in [0, 0.05) is 0 Å². The minimum atomic E-state index is -1.10. The summed E-state index contributed by atoms with van der Waals surface area (Å²) in [6.07, 6.45) is 0.269. The lowest BCUT2D eigenvalue weighted by atomic mass is 10.2. The van der Waals surface area contributed by atoms with E-state index in [1.54, 1.807) is 19.1 Å². The Kier molecular flexibility index (Phi) is 3.10. The zero-order chi connectivity index (χ0) is 12.4. The second kappa shape index (κ2) is 4.54. The van der Waals surface area contributed by atoms with Gasteiger partial charge in [-0.15, -0.1) is 16.4 Å². The van der Waals surface area contributed by atoms with E-state index in [1.165, 1.54) is 11.3 Å². The third-order valence-electron chi connectivity index (χ3n) is 2.27. The normalized spacial score (nSPS) is 12.5. The van der Waals surface area contributed by atoms with Crippen LogP contribution in [-0.4, -0.2) is 20.9 Å². The van der Waals surface area contributed by atoms with Crippen LogP contribution in [0.3, 0.4) is 0 Å². The predicted molar refractivity (Wildman–Crippen MR) is 61.0 cm³/mol. The molecule has 0 aliphatic heterocycles. The fourth-order valence-corrected chi connectivity index (χ4v) is 2.08. The minimum Gasteiger partial charge on any atom is -0.480 e. The molecule has 0 aliphatic carbocycles. The molecule has 0 spiro atoms. The van der Waals surface area contributed by atoms with E-state index in [-0.39, 0.29) is 12.3 Å². The SMILES string of the molecule is CCC(C(=O)O)n1nc(-c2cccs2)oc1=O. The number of nitrogens with zero attached hydrogens (tertiary/aromatic N) is 2. The highest BCUT2D eigenvalue weighted by Gasteiger charge is 2.23. The quantitative estimate of drug-likeness (QED) is 0.895. The molecule has 6 nitrogen and oxygen atoms in total. The molecule has 2 aromatic heterocycles. The van der Waals surface area contributed by atoms with Gasteiger partial charge < -0.3 is 9.52 Å². The van der Waals surface area contributed by atoms with Gasteiger partial charge in [-0.3, -0.25) is 0 Å². The van der Waals surface area contributed by atoms with Crippen LogP contribution in [0.5, 0.6) is 0 Å². The van der Waals surface area contributed by atoms with Crippen LogP contribution in [-0.2, 0) is 4.79 Å². The van der Waals surface area contributed by atoms with Crippen molar-refractivity contribution in [1.82, 2.24) is 9.78 Å². The van der Waals surface area contributed by atoms with Gasteiger partial charge in [-0.1, -0.05) is 13.0 Å². The van der Waals surface area contributed by atoms with E-state index >= 15 is 0 Å². The molecule has 1 N–H and O–H groups in total. The van der Waals surface area contributed by atoms with E-state index in [4.69, 9.17) is 9.52 Å². The van der Waals surface area contributed by atoms with Crippen molar-refractivity contribution in [3.63, 3.8) is 0 Å². The first-order chi connectivity index (χ1) is 8.13. The third kappa shape index (κ3) is 2.14. The fraction of sp³-hybridized carbons (Fsp3) is 0.300. The van der Waals surface area contributed by atoms with Gasteiger partial charge in [-0.25, -0.2) is 9.59 Å². The van der Waals surface area contributed by atoms with Crippen molar-refractivity contribution in [3.05, 3.63) is 28.1 Å². The Morgan fingerprint density at radius 1 is 1.71 bits per heavy atom. The highest BCUT2D eigenvalue weighted by molar-refractivity contribution is 7.13. The summed E-state index contributed by atoms with van der Waals surface area (Å²) in [5, 5.41) is 14.7. The summed E-state index contributed by atoms with van der Waals surface area (Å²) in [6, 6.07) is 2.56. The van der Waals surface area contributed by atoms with Gasteiger partial charge in [0.25, 0.3) is 5.89 Å². The van der Waals surface area contributed by atoms with Crippen molar-refractivity contribution in [2.24, 2.45) is 0 Å². The van der Waals surface area contributed by atoms with Crippen LogP contribution in [0.15, 0.2) is 26.7 Å². The number of aliphatic carboxylic acids is 1. The molecule has 2 rings (SSSR count). The van der Waals surface area contributed by atoms with Gasteiger partial charge in [0.2, 0.25) is 0 Å². The van der Waals surface area contributed by atoms with Crippen molar-refractivity contribution < 1.29 is 14.3 Å². The van der Waals surface area contributed by atoms with Gasteiger partial charge in [0.15, 0.2) is 6.04 Å². The number of hydrogen-bond acceptors (Lipinski definition) is 5. The first kappa shape index (κ1) is 11.6. The van der Waals surface area contributed by atoms with Gasteiger partial charge in [-0.2, -0.15) is 4.68 Å². The van der Waals surface area contributed by atoms with E-state index in [0.717, 1.165) is 4.68 Å². The van der Waals surface area contributed by atoms with Crippen LogP contribution in [0.4, 0.5) is 0 Å². The smallest absolute Gasteiger partial charge is 0.438 e. The number of rotatable bonds is 4. The molecule has 0 radical (unpaired) electrons. The molecule has 0 saturated carbocycles. The Morgan fingerprint density at radius 2 is 2.47 bits per heavy atom. The lowest BCUT2D eigenvalue weighted by Crippen LogP contribution is -2.27. The van der Waals surface area contributed by atoms with E-state index < -0.39 is 17.8 Å². The second-order valence-electron chi connectivity index (χ2n) is 3.36. The predicted octanol–water partition coefficient (Wildman–Crippen LogP) is 1.60. The molecule has 2 heterocycles. The zero-order valence-electron chi connectivity index (χ0n) is 8.99. The maximum Gasteiger partial charge on any atom is 0.438 e. The van der Waals surface area contributed by atoms with Crippen LogP contribution >= 0.6 is 11.3 Å². The van der Waals surface area contributed by atoms with Crippen LogP contribution in [0.2, 0.25) is 0 Å². The molecule has 90 valence electrons. The summed E-state index contributed by atoms with van der Waals surface area (Å²) in [4.78, 5) is 23.2. The van der Waals surface area contributed by atoms with E-state index in [9.17, 15) is 9.59 Å². The number of carbonyl (C=O) groups is 1. The number of aromatic nitrogens is 2. The maximum atomic E-state index is 11.5. The Hall–Kier alpha value is -1.89. The molecular formula is C10H10N2O4S. The Morgan fingerprint density at radius 3 is 3.00 bits per heavy atom. The first-order valence-corrected chi connectivity index (χ1v) is 5.87. The van der Waals surface area contributed by atoms with Crippen molar-refractivity contribution >= 4 is 17.3 Å². The molecule has 1 atom stereocenters. The van der Waals surface area contributed by atoms with E-state index in [0.29, 0.717) is 4.88 Å². The number of hydrogen-bond donors (Lipinski definition) is 1. The molecule has 0 bridgehead atoms. The summed E-state index contributed by atoms with van der Waals surface area (Å²) in [5.41, 5.74) is 0. The molecule has 0 aliphatic rings. The number of thiophene rings is 1. The molecule has 17 heavy (non-hydrogen) atoms. The molecule has 1 unspecified atom stereocenters. The zero-order valence-corrected chi connectivity index (χ0v) is 9.81. The highest BCUT2D eigenvalue weighted by atomic mass is 32.1. The molecule has 0 aromatic carbocycles. The molecule has 7 heteroatoms. The monoisotopic (exact) mass is 254 g/mol. The van der Waals surface area contributed by atoms with Crippen molar-refractivity contribution in [2.75, 3.05) is 0 Å². The standard InChI is InChI=1S/C10H10N2O4S/c1-2-6(9(13)14)12-10(15)16-8(11-12)7-4-3-5-17-7/h3-6H,2H2,1H3,(H,13,14). The average molecular weight is 254 g/mol. The lowest BCUT2D eigenvalue weighted by molar-refractivity contribution is -0.141. The Bertz CT molecular complexity index is 569. The molecule has 0 saturated heterocycles. The maximum absolute atomic E-state index is 11.5. The fourth-order valence-electron chi connectivity index (χ4n) is 1.44. The second-order valence-corrected chi connectivity index (χ2v) is 4.30. The van der Waals surface area contributed by atoms with Gasteiger partial charge >= 0.3 is 11.7 Å². The van der Waals surface area contributed by atoms with Crippen molar-refractivity contribution in [3.8, 4) is 10.8 Å². The van der Waals surface area contributed by atoms with Crippen molar-refractivity contribution in [1.29, 1.82) is 0 Å². The summed E-state index contributed by atoms with van der Waals surface area (Å²) < 4.78 is 5.81. The Labute approximate surface area is 100 Å². The topological polar surface area (TPSA) is 85.3 Å². The minimum absolute atomic E-state index is 0.157. The van der Waals surface area contributed by atoms with E-state index in [2.05, 4.69) is 5.10 Å². The van der Waals surface area contributed by atoms with Gasteiger partial charge in [0.1, 0.15) is 0 Å². The largest absolute Gasteiger partial charge is 0.480 e. The molecule has 2 aromatic rings. The van der Waals surface area contributed by atoms with Crippen LogP contribution in [0.25, 0.3) is 10.8 Å². The summed E-state index contributed by atoms with van der Waals surface area (Å²) in [7, 11) is 0. The highest BCUT2D eigenvalue weighted by Crippen LogP contribution is 2.22. The number of carboxylic acid groups (broad SMARTS) is 1. The Balaban J connectivity index is 2.44. The van der Waals surface area contributed by atoms with E-state index in [1.807, 2.05) is 5.38 Å². The molecule has 0 amide bonds. The van der Waals surface area contributed by atoms with Crippen LogP contribution in [0, 0.1) is 0 Å².